The number of benzene rings is 1. The molecule has 7 heteroatoms. The molecule has 29 heavy (non-hydrogen) atoms. The molecule has 1 aliphatic carbocycles. The van der Waals surface area contributed by atoms with Crippen LogP contribution in [0.15, 0.2) is 41.8 Å². The van der Waals surface area contributed by atoms with E-state index in [2.05, 4.69) is 27.0 Å². The first-order valence-electron chi connectivity index (χ1n) is 10.2. The standard InChI is InChI=1S/C22H27N3O3S/c26-21(23-18-5-1-4-16(12-18)22(27)24-17-8-9-17)15-25(13-19-6-2-10-28-19)14-20-7-3-11-29-20/h1,3-5,7,11-12,17,19H,2,6,8-10,13-15H2,(H,23,26)(H,24,27). The maximum Gasteiger partial charge on any atom is 0.251 e. The van der Waals surface area contributed by atoms with Crippen molar-refractivity contribution < 1.29 is 14.3 Å². The van der Waals surface area contributed by atoms with Gasteiger partial charge in [-0.15, -0.1) is 11.3 Å². The number of hydrogen-bond donors (Lipinski definition) is 2. The van der Waals surface area contributed by atoms with Gasteiger partial charge in [-0.25, -0.2) is 0 Å². The summed E-state index contributed by atoms with van der Waals surface area (Å²) < 4.78 is 5.77. The Morgan fingerprint density at radius 3 is 2.79 bits per heavy atom. The highest BCUT2D eigenvalue weighted by atomic mass is 32.1. The van der Waals surface area contributed by atoms with Crippen molar-refractivity contribution in [1.29, 1.82) is 0 Å². The number of thiophene rings is 1. The maximum absolute atomic E-state index is 12.7. The van der Waals surface area contributed by atoms with Crippen LogP contribution in [0.2, 0.25) is 0 Å². The zero-order valence-corrected chi connectivity index (χ0v) is 17.2. The van der Waals surface area contributed by atoms with Gasteiger partial charge < -0.3 is 15.4 Å². The topological polar surface area (TPSA) is 70.7 Å². The number of nitrogens with one attached hydrogen (secondary N) is 2. The first-order valence-corrected chi connectivity index (χ1v) is 11.1. The summed E-state index contributed by atoms with van der Waals surface area (Å²) in [6.45, 7) is 2.57. The number of amides is 2. The summed E-state index contributed by atoms with van der Waals surface area (Å²) in [5, 5.41) is 7.97. The van der Waals surface area contributed by atoms with E-state index >= 15 is 0 Å². The predicted molar refractivity (Wildman–Crippen MR) is 114 cm³/mol. The molecule has 154 valence electrons. The van der Waals surface area contributed by atoms with E-state index in [4.69, 9.17) is 4.74 Å². The fourth-order valence-corrected chi connectivity index (χ4v) is 4.27. The third-order valence-corrected chi connectivity index (χ3v) is 5.99. The lowest BCUT2D eigenvalue weighted by molar-refractivity contribution is -0.117. The lowest BCUT2D eigenvalue weighted by Crippen LogP contribution is -2.37. The van der Waals surface area contributed by atoms with Crippen LogP contribution in [-0.2, 0) is 16.1 Å². The summed E-state index contributed by atoms with van der Waals surface area (Å²) in [6.07, 6.45) is 4.41. The number of carbonyl (C=O) groups is 2. The summed E-state index contributed by atoms with van der Waals surface area (Å²) >= 11 is 1.70. The third-order valence-electron chi connectivity index (χ3n) is 5.13. The van der Waals surface area contributed by atoms with Gasteiger partial charge in [-0.05, 0) is 55.3 Å². The first-order chi connectivity index (χ1) is 14.2. The zero-order valence-electron chi connectivity index (χ0n) is 16.4. The van der Waals surface area contributed by atoms with E-state index in [1.54, 1.807) is 29.5 Å². The van der Waals surface area contributed by atoms with Crippen LogP contribution >= 0.6 is 11.3 Å². The van der Waals surface area contributed by atoms with E-state index in [0.717, 1.165) is 45.4 Å². The normalized spacial score (nSPS) is 18.7. The fraction of sp³-hybridized carbons (Fsp3) is 0.455. The molecule has 2 heterocycles. The smallest absolute Gasteiger partial charge is 0.251 e. The molecule has 2 N–H and O–H groups in total. The largest absolute Gasteiger partial charge is 0.377 e. The number of ether oxygens (including phenoxy) is 1. The van der Waals surface area contributed by atoms with Crippen LogP contribution in [0.5, 0.6) is 0 Å². The van der Waals surface area contributed by atoms with Crippen molar-refractivity contribution in [1.82, 2.24) is 10.2 Å². The zero-order chi connectivity index (χ0) is 20.1. The molecule has 0 radical (unpaired) electrons. The van der Waals surface area contributed by atoms with Crippen LogP contribution in [0.3, 0.4) is 0 Å². The highest BCUT2D eigenvalue weighted by Gasteiger charge is 2.24. The Hall–Kier alpha value is -2.22. The molecule has 2 amide bonds. The van der Waals surface area contributed by atoms with Crippen LogP contribution in [0.4, 0.5) is 5.69 Å². The highest BCUT2D eigenvalue weighted by Crippen LogP contribution is 2.20. The monoisotopic (exact) mass is 413 g/mol. The second-order valence-electron chi connectivity index (χ2n) is 7.76. The van der Waals surface area contributed by atoms with Crippen LogP contribution in [0, 0.1) is 0 Å². The Kier molecular flexibility index (Phi) is 6.59. The summed E-state index contributed by atoms with van der Waals surface area (Å²) in [5.41, 5.74) is 1.22. The van der Waals surface area contributed by atoms with Crippen LogP contribution in [0.1, 0.15) is 40.9 Å². The Bertz CT molecular complexity index is 830. The molecule has 1 aliphatic heterocycles. The molecule has 1 unspecified atom stereocenters. The molecule has 2 aliphatic rings. The van der Waals surface area contributed by atoms with Gasteiger partial charge >= 0.3 is 0 Å². The molecule has 0 spiro atoms. The third kappa shape index (κ3) is 6.13. The molecular formula is C22H27N3O3S. The van der Waals surface area contributed by atoms with Crippen molar-refractivity contribution >= 4 is 28.8 Å². The average Bonchev–Trinajstić information content (AvgIpc) is 3.14. The molecule has 1 saturated heterocycles. The molecule has 2 aromatic rings. The molecule has 1 aromatic heterocycles. The second-order valence-corrected chi connectivity index (χ2v) is 8.79. The minimum atomic E-state index is -0.0840. The minimum absolute atomic E-state index is 0.0821. The quantitative estimate of drug-likeness (QED) is 0.662. The SMILES string of the molecule is O=C(CN(Cc1cccs1)CC1CCCO1)Nc1cccc(C(=O)NC2CC2)c1. The lowest BCUT2D eigenvalue weighted by Gasteiger charge is -2.24. The van der Waals surface area contributed by atoms with Gasteiger partial charge in [0.1, 0.15) is 0 Å². The van der Waals surface area contributed by atoms with Gasteiger partial charge in [0.2, 0.25) is 5.91 Å². The Labute approximate surface area is 175 Å². The minimum Gasteiger partial charge on any atom is -0.377 e. The van der Waals surface area contributed by atoms with Crippen molar-refractivity contribution in [3.8, 4) is 0 Å². The van der Waals surface area contributed by atoms with E-state index in [9.17, 15) is 9.59 Å². The summed E-state index contributed by atoms with van der Waals surface area (Å²) in [4.78, 5) is 28.3. The molecular weight excluding hydrogens is 386 g/mol. The molecule has 1 saturated carbocycles. The number of hydrogen-bond acceptors (Lipinski definition) is 5. The van der Waals surface area contributed by atoms with Crippen LogP contribution < -0.4 is 10.6 Å². The summed E-state index contributed by atoms with van der Waals surface area (Å²) in [7, 11) is 0. The van der Waals surface area contributed by atoms with Gasteiger partial charge in [-0.2, -0.15) is 0 Å². The average molecular weight is 414 g/mol. The van der Waals surface area contributed by atoms with E-state index < -0.39 is 0 Å². The van der Waals surface area contributed by atoms with Gasteiger partial charge in [0.25, 0.3) is 5.91 Å². The Morgan fingerprint density at radius 2 is 2.07 bits per heavy atom. The molecule has 6 nitrogen and oxygen atoms in total. The number of rotatable bonds is 9. The Morgan fingerprint density at radius 1 is 1.17 bits per heavy atom. The van der Waals surface area contributed by atoms with Crippen molar-refractivity contribution in [3.05, 3.63) is 52.2 Å². The van der Waals surface area contributed by atoms with Gasteiger partial charge in [-0.3, -0.25) is 14.5 Å². The van der Waals surface area contributed by atoms with Gasteiger partial charge in [-0.1, -0.05) is 12.1 Å². The van der Waals surface area contributed by atoms with Crippen LogP contribution in [-0.4, -0.2) is 48.6 Å². The Balaban J connectivity index is 1.35. The molecule has 1 aromatic carbocycles. The molecule has 4 rings (SSSR count). The van der Waals surface area contributed by atoms with E-state index in [-0.39, 0.29) is 24.5 Å². The molecule has 0 bridgehead atoms. The highest BCUT2D eigenvalue weighted by molar-refractivity contribution is 7.09. The van der Waals surface area contributed by atoms with Crippen LogP contribution in [0.25, 0.3) is 0 Å². The molecule has 1 atom stereocenters. The lowest BCUT2D eigenvalue weighted by atomic mass is 10.2. The van der Waals surface area contributed by atoms with Crippen molar-refractivity contribution in [2.45, 2.75) is 44.4 Å². The second kappa shape index (κ2) is 9.52. The fourth-order valence-electron chi connectivity index (χ4n) is 3.52. The maximum atomic E-state index is 12.7. The van der Waals surface area contributed by atoms with E-state index in [0.29, 0.717) is 17.3 Å². The van der Waals surface area contributed by atoms with Crippen molar-refractivity contribution in [2.24, 2.45) is 0 Å². The number of anilines is 1. The van der Waals surface area contributed by atoms with Gasteiger partial charge in [0.15, 0.2) is 0 Å². The van der Waals surface area contributed by atoms with Gasteiger partial charge in [0.05, 0.1) is 12.6 Å². The summed E-state index contributed by atoms with van der Waals surface area (Å²) in [5.74, 6) is -0.166. The number of carbonyl (C=O) groups excluding carboxylic acids is 2. The number of nitrogens with zero attached hydrogens (tertiary/aromatic N) is 1. The van der Waals surface area contributed by atoms with E-state index in [1.807, 2.05) is 12.1 Å². The first kappa shape index (κ1) is 20.1. The van der Waals surface area contributed by atoms with E-state index in [1.165, 1.54) is 4.88 Å². The summed E-state index contributed by atoms with van der Waals surface area (Å²) in [6, 6.07) is 11.6. The van der Waals surface area contributed by atoms with Crippen molar-refractivity contribution in [3.63, 3.8) is 0 Å². The predicted octanol–water partition coefficient (Wildman–Crippen LogP) is 3.26. The van der Waals surface area contributed by atoms with Crippen molar-refractivity contribution in [2.75, 3.05) is 25.0 Å². The van der Waals surface area contributed by atoms with Gasteiger partial charge in [0, 0.05) is 41.9 Å². The molecule has 2 fully saturated rings.